The van der Waals surface area contributed by atoms with E-state index in [-0.39, 0.29) is 42.6 Å². The Bertz CT molecular complexity index is 1510. The molecule has 1 aliphatic carbocycles. The van der Waals surface area contributed by atoms with Crippen molar-refractivity contribution < 1.29 is 23.5 Å². The topological polar surface area (TPSA) is 91.0 Å². The van der Waals surface area contributed by atoms with Crippen LogP contribution in [0.4, 0.5) is 14.0 Å². The Balaban J connectivity index is 1.23. The molecule has 1 heterocycles. The molecule has 0 bridgehead atoms. The molecule has 3 aromatic carbocycles. The third-order valence-electron chi connectivity index (χ3n) is 7.73. The van der Waals surface area contributed by atoms with Crippen molar-refractivity contribution in [2.45, 2.75) is 57.3 Å². The fourth-order valence-electron chi connectivity index (χ4n) is 5.42. The number of rotatable bonds is 8. The molecule has 1 saturated carbocycles. The second kappa shape index (κ2) is 12.6. The molecule has 2 N–H and O–H groups in total. The van der Waals surface area contributed by atoms with Crippen molar-refractivity contribution in [3.8, 4) is 11.5 Å². The molecule has 0 atom stereocenters. The van der Waals surface area contributed by atoms with Crippen LogP contribution in [-0.4, -0.2) is 40.4 Å². The lowest BCUT2D eigenvalue weighted by Crippen LogP contribution is -2.48. The molecule has 11 heteroatoms. The number of amides is 5. The van der Waals surface area contributed by atoms with Gasteiger partial charge in [0.15, 0.2) is 0 Å². The molecule has 1 aliphatic heterocycles. The smallest absolute Gasteiger partial charge is 0.325 e. The first-order valence-corrected chi connectivity index (χ1v) is 14.5. The first-order valence-electron chi connectivity index (χ1n) is 13.8. The number of hydrogen-bond donors (Lipinski definition) is 2. The maximum absolute atomic E-state index is 13.6. The van der Waals surface area contributed by atoms with E-state index in [1.165, 1.54) is 28.0 Å². The number of nitrogens with zero attached hydrogens (tertiary/aromatic N) is 2. The van der Waals surface area contributed by atoms with Crippen molar-refractivity contribution in [2.75, 3.05) is 7.05 Å². The summed E-state index contributed by atoms with van der Waals surface area (Å²) < 4.78 is 19.5. The number of ether oxygens (including phenoxy) is 1. The monoisotopic (exact) mass is 612 g/mol. The third kappa shape index (κ3) is 6.47. The molecule has 5 rings (SSSR count). The summed E-state index contributed by atoms with van der Waals surface area (Å²) in [5, 5.41) is 6.22. The Hall–Kier alpha value is -3.82. The summed E-state index contributed by atoms with van der Waals surface area (Å²) >= 11 is 12.1. The highest BCUT2D eigenvalue weighted by Gasteiger charge is 2.51. The van der Waals surface area contributed by atoms with E-state index in [4.69, 9.17) is 27.9 Å². The number of imide groups is 1. The van der Waals surface area contributed by atoms with Crippen molar-refractivity contribution in [1.82, 2.24) is 20.4 Å². The van der Waals surface area contributed by atoms with Gasteiger partial charge in [-0.05, 0) is 48.2 Å². The van der Waals surface area contributed by atoms with Gasteiger partial charge in [-0.3, -0.25) is 9.69 Å². The average Bonchev–Trinajstić information content (AvgIpc) is 3.19. The van der Waals surface area contributed by atoms with Crippen molar-refractivity contribution in [3.05, 3.63) is 93.2 Å². The fraction of sp³-hybridized carbons (Fsp3) is 0.323. The lowest BCUT2D eigenvalue weighted by molar-refractivity contribution is -0.132. The number of hydrogen-bond acceptors (Lipinski definition) is 4. The Morgan fingerprint density at radius 3 is 2.50 bits per heavy atom. The lowest BCUT2D eigenvalue weighted by Gasteiger charge is -2.30. The van der Waals surface area contributed by atoms with Gasteiger partial charge < -0.3 is 20.3 Å². The maximum Gasteiger partial charge on any atom is 0.325 e. The van der Waals surface area contributed by atoms with E-state index in [2.05, 4.69) is 10.6 Å². The minimum absolute atomic E-state index is 0.0731. The summed E-state index contributed by atoms with van der Waals surface area (Å²) in [6, 6.07) is 15.8. The van der Waals surface area contributed by atoms with Crippen LogP contribution in [0.3, 0.4) is 0 Å². The Labute approximate surface area is 253 Å². The summed E-state index contributed by atoms with van der Waals surface area (Å²) in [5.41, 5.74) is 1.47. The third-order valence-corrected chi connectivity index (χ3v) is 8.26. The zero-order chi connectivity index (χ0) is 29.9. The van der Waals surface area contributed by atoms with Gasteiger partial charge in [-0.2, -0.15) is 0 Å². The summed E-state index contributed by atoms with van der Waals surface area (Å²) in [5.74, 6) is -0.000851. The molecule has 0 radical (unpaired) electrons. The van der Waals surface area contributed by atoms with E-state index < -0.39 is 11.4 Å². The summed E-state index contributed by atoms with van der Waals surface area (Å²) in [6.45, 7) is 0.527. The van der Waals surface area contributed by atoms with Gasteiger partial charge >= 0.3 is 12.1 Å². The van der Waals surface area contributed by atoms with E-state index in [0.29, 0.717) is 34.9 Å². The number of benzene rings is 3. The van der Waals surface area contributed by atoms with Crippen LogP contribution in [-0.2, 0) is 24.4 Å². The average molecular weight is 614 g/mol. The highest BCUT2D eigenvalue weighted by Crippen LogP contribution is 2.35. The Morgan fingerprint density at radius 1 is 1.02 bits per heavy atom. The van der Waals surface area contributed by atoms with E-state index in [1.807, 2.05) is 24.3 Å². The quantitative estimate of drug-likeness (QED) is 0.267. The number of nitrogens with one attached hydrogen (secondary N) is 2. The molecule has 1 saturated heterocycles. The van der Waals surface area contributed by atoms with E-state index in [0.717, 1.165) is 30.4 Å². The highest BCUT2D eigenvalue weighted by atomic mass is 35.5. The van der Waals surface area contributed by atoms with Crippen molar-refractivity contribution >= 4 is 41.2 Å². The number of carbonyl (C=O) groups is 3. The van der Waals surface area contributed by atoms with Gasteiger partial charge in [-0.25, -0.2) is 14.0 Å². The molecule has 220 valence electrons. The Kier molecular flexibility index (Phi) is 8.89. The van der Waals surface area contributed by atoms with Crippen LogP contribution < -0.4 is 15.4 Å². The SMILES string of the molecule is CN(Cc1ccc(Cl)cc1Oc1ccc(F)c(Cl)c1)C(=O)NCc1ccccc1CN1C(=O)NC2(CCCCC2)C1=O. The van der Waals surface area contributed by atoms with Crippen LogP contribution in [0.2, 0.25) is 10.0 Å². The zero-order valence-corrected chi connectivity index (χ0v) is 24.6. The normalized spacial score (nSPS) is 16.0. The number of halogens is 3. The second-order valence-corrected chi connectivity index (χ2v) is 11.5. The van der Waals surface area contributed by atoms with Gasteiger partial charge in [-0.1, -0.05) is 72.8 Å². The summed E-state index contributed by atoms with van der Waals surface area (Å²) in [6.07, 6.45) is 4.23. The van der Waals surface area contributed by atoms with Gasteiger partial charge in [0.25, 0.3) is 5.91 Å². The molecule has 0 unspecified atom stereocenters. The predicted molar refractivity (Wildman–Crippen MR) is 158 cm³/mol. The standard InChI is InChI=1S/C31H31Cl2FN4O4/c1-37(18-22-9-10-23(32)15-27(22)42-24-11-12-26(34)25(33)16-24)29(40)35-17-20-7-3-4-8-21(20)19-38-28(39)31(36-30(38)41)13-5-2-6-14-31/h3-4,7-12,15-16H,2,5-6,13-14,17-19H2,1H3,(H,35,40)(H,36,41). The fourth-order valence-corrected chi connectivity index (χ4v) is 5.76. The molecule has 5 amide bonds. The van der Waals surface area contributed by atoms with Crippen LogP contribution >= 0.6 is 23.2 Å². The van der Waals surface area contributed by atoms with Crippen molar-refractivity contribution in [1.29, 1.82) is 0 Å². The largest absolute Gasteiger partial charge is 0.457 e. The van der Waals surface area contributed by atoms with Crippen LogP contribution in [0.5, 0.6) is 11.5 Å². The molecule has 42 heavy (non-hydrogen) atoms. The Morgan fingerprint density at radius 2 is 1.76 bits per heavy atom. The second-order valence-electron chi connectivity index (χ2n) is 10.7. The van der Waals surface area contributed by atoms with Crippen LogP contribution in [0.1, 0.15) is 48.8 Å². The maximum atomic E-state index is 13.6. The molecule has 0 aromatic heterocycles. The first kappa shape index (κ1) is 29.7. The lowest BCUT2D eigenvalue weighted by atomic mass is 9.81. The summed E-state index contributed by atoms with van der Waals surface area (Å²) in [7, 11) is 1.64. The minimum Gasteiger partial charge on any atom is -0.457 e. The van der Waals surface area contributed by atoms with Crippen molar-refractivity contribution in [2.24, 2.45) is 0 Å². The summed E-state index contributed by atoms with van der Waals surface area (Å²) in [4.78, 5) is 41.9. The first-order chi connectivity index (χ1) is 20.1. The van der Waals surface area contributed by atoms with Gasteiger partial charge in [0.1, 0.15) is 22.9 Å². The number of carbonyl (C=O) groups excluding carboxylic acids is 3. The molecular formula is C31H31Cl2FN4O4. The van der Waals surface area contributed by atoms with Crippen LogP contribution in [0.15, 0.2) is 60.7 Å². The van der Waals surface area contributed by atoms with Crippen molar-refractivity contribution in [3.63, 3.8) is 0 Å². The van der Waals surface area contributed by atoms with Crippen LogP contribution in [0.25, 0.3) is 0 Å². The molecule has 2 fully saturated rings. The molecule has 2 aliphatic rings. The molecule has 1 spiro atoms. The number of urea groups is 2. The van der Waals surface area contributed by atoms with Gasteiger partial charge in [-0.15, -0.1) is 0 Å². The molecule has 8 nitrogen and oxygen atoms in total. The molecule has 3 aromatic rings. The zero-order valence-electron chi connectivity index (χ0n) is 23.1. The van der Waals surface area contributed by atoms with Gasteiger partial charge in [0, 0.05) is 30.2 Å². The van der Waals surface area contributed by atoms with Gasteiger partial charge in [0.05, 0.1) is 18.1 Å². The van der Waals surface area contributed by atoms with Gasteiger partial charge in [0.2, 0.25) is 0 Å². The minimum atomic E-state index is -0.783. The van der Waals surface area contributed by atoms with Crippen LogP contribution in [0, 0.1) is 5.82 Å². The van der Waals surface area contributed by atoms with E-state index in [1.54, 1.807) is 25.2 Å². The van der Waals surface area contributed by atoms with E-state index in [9.17, 15) is 18.8 Å². The highest BCUT2D eigenvalue weighted by molar-refractivity contribution is 6.31. The van der Waals surface area contributed by atoms with E-state index >= 15 is 0 Å². The molecular weight excluding hydrogens is 582 g/mol. The predicted octanol–water partition coefficient (Wildman–Crippen LogP) is 7.02.